The molecule has 0 aliphatic carbocycles. The summed E-state index contributed by atoms with van der Waals surface area (Å²) in [4.78, 5) is 31.6. The van der Waals surface area contributed by atoms with Gasteiger partial charge in [-0.2, -0.15) is 13.2 Å². The predicted octanol–water partition coefficient (Wildman–Crippen LogP) is 4.17. The van der Waals surface area contributed by atoms with Crippen LogP contribution in [0.1, 0.15) is 5.56 Å². The molecule has 0 unspecified atom stereocenters. The Bertz CT molecular complexity index is 868. The van der Waals surface area contributed by atoms with Gasteiger partial charge in [-0.25, -0.2) is 4.79 Å². The van der Waals surface area contributed by atoms with E-state index in [2.05, 4.69) is 10.6 Å². The van der Waals surface area contributed by atoms with Crippen LogP contribution in [0, 0.1) is 20.2 Å². The van der Waals surface area contributed by atoms with Crippen LogP contribution in [-0.4, -0.2) is 15.9 Å². The van der Waals surface area contributed by atoms with Crippen LogP contribution in [0.25, 0.3) is 0 Å². The van der Waals surface area contributed by atoms with Crippen molar-refractivity contribution >= 4 is 28.8 Å². The van der Waals surface area contributed by atoms with Gasteiger partial charge in [0.25, 0.3) is 11.4 Å². The number of carbonyl (C=O) groups excluding carboxylic acids is 1. The highest BCUT2D eigenvalue weighted by Crippen LogP contribution is 2.35. The molecule has 2 aromatic rings. The highest BCUT2D eigenvalue weighted by molar-refractivity contribution is 6.01. The lowest BCUT2D eigenvalue weighted by atomic mass is 10.1. The number of carbonyl (C=O) groups is 1. The summed E-state index contributed by atoms with van der Waals surface area (Å²) in [7, 11) is 0. The van der Waals surface area contributed by atoms with E-state index in [-0.39, 0.29) is 11.4 Å². The fourth-order valence-electron chi connectivity index (χ4n) is 1.92. The van der Waals surface area contributed by atoms with Crippen molar-refractivity contribution in [3.63, 3.8) is 0 Å². The van der Waals surface area contributed by atoms with Crippen molar-refractivity contribution in [3.05, 3.63) is 68.3 Å². The molecule has 0 heterocycles. The molecule has 26 heavy (non-hydrogen) atoms. The first-order valence-corrected chi connectivity index (χ1v) is 6.76. The molecule has 12 heteroatoms. The average molecular weight is 370 g/mol. The largest absolute Gasteiger partial charge is 0.416 e. The number of nitro groups is 2. The molecule has 136 valence electrons. The minimum absolute atomic E-state index is 0.141. The molecular formula is C14H9F3N4O5. The lowest BCUT2D eigenvalue weighted by Crippen LogP contribution is -2.20. The molecular weight excluding hydrogens is 361 g/mol. The molecule has 0 bridgehead atoms. The molecule has 0 aliphatic rings. The summed E-state index contributed by atoms with van der Waals surface area (Å²) in [6.07, 6.45) is -4.77. The van der Waals surface area contributed by atoms with Crippen LogP contribution in [0.5, 0.6) is 0 Å². The Kier molecular flexibility index (Phi) is 5.05. The number of hydrogen-bond acceptors (Lipinski definition) is 5. The van der Waals surface area contributed by atoms with E-state index in [0.29, 0.717) is 12.1 Å². The van der Waals surface area contributed by atoms with E-state index >= 15 is 0 Å². The molecule has 9 nitrogen and oxygen atoms in total. The summed E-state index contributed by atoms with van der Waals surface area (Å²) in [5.74, 6) is 0. The molecule has 0 radical (unpaired) electrons. The smallest absolute Gasteiger partial charge is 0.308 e. The number of rotatable bonds is 4. The van der Waals surface area contributed by atoms with Gasteiger partial charge >= 0.3 is 12.2 Å². The quantitative estimate of drug-likeness (QED) is 0.617. The minimum atomic E-state index is -4.77. The predicted molar refractivity (Wildman–Crippen MR) is 83.8 cm³/mol. The number of urea groups is 1. The van der Waals surface area contributed by atoms with Crippen molar-refractivity contribution in [2.45, 2.75) is 6.18 Å². The Morgan fingerprint density at radius 3 is 2.04 bits per heavy atom. The van der Waals surface area contributed by atoms with Crippen LogP contribution in [0.4, 0.5) is 40.7 Å². The van der Waals surface area contributed by atoms with Crippen LogP contribution < -0.4 is 10.6 Å². The average Bonchev–Trinajstić information content (AvgIpc) is 2.54. The van der Waals surface area contributed by atoms with Gasteiger partial charge in [-0.15, -0.1) is 0 Å². The van der Waals surface area contributed by atoms with Crippen LogP contribution in [0.15, 0.2) is 42.5 Å². The zero-order valence-corrected chi connectivity index (χ0v) is 12.6. The molecule has 2 amide bonds. The Morgan fingerprint density at radius 2 is 1.54 bits per heavy atom. The van der Waals surface area contributed by atoms with E-state index in [1.54, 1.807) is 0 Å². The van der Waals surface area contributed by atoms with E-state index in [0.717, 1.165) is 18.2 Å². The molecule has 0 aromatic heterocycles. The molecule has 2 aromatic carbocycles. The van der Waals surface area contributed by atoms with E-state index in [1.807, 2.05) is 0 Å². The zero-order chi connectivity index (χ0) is 19.5. The van der Waals surface area contributed by atoms with E-state index in [4.69, 9.17) is 0 Å². The molecule has 2 N–H and O–H groups in total. The van der Waals surface area contributed by atoms with Crippen LogP contribution in [0.3, 0.4) is 0 Å². The summed E-state index contributed by atoms with van der Waals surface area (Å²) in [6, 6.07) is 5.37. The Hall–Kier alpha value is -3.70. The maximum absolute atomic E-state index is 12.6. The fourth-order valence-corrected chi connectivity index (χ4v) is 1.92. The fraction of sp³-hybridized carbons (Fsp3) is 0.0714. The van der Waals surface area contributed by atoms with Crippen LogP contribution >= 0.6 is 0 Å². The van der Waals surface area contributed by atoms with Crippen molar-refractivity contribution in [1.29, 1.82) is 0 Å². The number of anilines is 2. The Labute approximate surface area is 142 Å². The highest BCUT2D eigenvalue weighted by atomic mass is 19.4. The van der Waals surface area contributed by atoms with Gasteiger partial charge in [0, 0.05) is 23.9 Å². The van der Waals surface area contributed by atoms with Gasteiger partial charge in [0.1, 0.15) is 5.69 Å². The van der Waals surface area contributed by atoms with Gasteiger partial charge in [0.2, 0.25) is 0 Å². The van der Waals surface area contributed by atoms with E-state index < -0.39 is 39.0 Å². The summed E-state index contributed by atoms with van der Waals surface area (Å²) in [5.41, 5.74) is -2.68. The maximum Gasteiger partial charge on any atom is 0.416 e. The number of nitrogens with zero attached hydrogens (tertiary/aromatic N) is 2. The summed E-state index contributed by atoms with van der Waals surface area (Å²) >= 11 is 0. The normalized spacial score (nSPS) is 10.9. The van der Waals surface area contributed by atoms with Crippen LogP contribution in [0.2, 0.25) is 0 Å². The number of non-ortho nitro benzene ring substituents is 1. The van der Waals surface area contributed by atoms with Crippen molar-refractivity contribution in [2.24, 2.45) is 0 Å². The molecule has 0 atom stereocenters. The van der Waals surface area contributed by atoms with Crippen molar-refractivity contribution in [1.82, 2.24) is 0 Å². The van der Waals surface area contributed by atoms with Gasteiger partial charge in [-0.1, -0.05) is 0 Å². The summed E-state index contributed by atoms with van der Waals surface area (Å²) in [5, 5.41) is 25.8. The second-order valence-electron chi connectivity index (χ2n) is 4.87. The van der Waals surface area contributed by atoms with E-state index in [9.17, 15) is 38.2 Å². The first-order chi connectivity index (χ1) is 12.1. The second-order valence-corrected chi connectivity index (χ2v) is 4.87. The van der Waals surface area contributed by atoms with Crippen molar-refractivity contribution < 1.29 is 27.8 Å². The Balaban J connectivity index is 2.17. The molecule has 0 aliphatic heterocycles. The van der Waals surface area contributed by atoms with Crippen molar-refractivity contribution in [3.8, 4) is 0 Å². The zero-order valence-electron chi connectivity index (χ0n) is 12.6. The first-order valence-electron chi connectivity index (χ1n) is 6.76. The third kappa shape index (κ3) is 4.43. The summed E-state index contributed by atoms with van der Waals surface area (Å²) < 4.78 is 37.9. The number of benzene rings is 2. The van der Waals surface area contributed by atoms with Gasteiger partial charge in [-0.05, 0) is 24.3 Å². The SMILES string of the molecule is O=C(Nc1ccc([N+](=O)[O-])cc1)Nc1ccc(C(F)(F)F)cc1[N+](=O)[O-]. The minimum Gasteiger partial charge on any atom is -0.308 e. The summed E-state index contributed by atoms with van der Waals surface area (Å²) in [6.45, 7) is 0. The second kappa shape index (κ2) is 7.04. The molecule has 0 saturated carbocycles. The maximum atomic E-state index is 12.6. The lowest BCUT2D eigenvalue weighted by Gasteiger charge is -2.10. The van der Waals surface area contributed by atoms with Crippen LogP contribution in [-0.2, 0) is 6.18 Å². The topological polar surface area (TPSA) is 127 Å². The van der Waals surface area contributed by atoms with E-state index in [1.165, 1.54) is 12.1 Å². The lowest BCUT2D eigenvalue weighted by molar-refractivity contribution is -0.384. The molecule has 0 saturated heterocycles. The van der Waals surface area contributed by atoms with Gasteiger partial charge in [-0.3, -0.25) is 20.2 Å². The molecule has 2 rings (SSSR count). The number of nitrogens with one attached hydrogen (secondary N) is 2. The first kappa shape index (κ1) is 18.6. The Morgan fingerprint density at radius 1 is 0.923 bits per heavy atom. The molecule has 0 spiro atoms. The third-order valence-electron chi connectivity index (χ3n) is 3.11. The highest BCUT2D eigenvalue weighted by Gasteiger charge is 2.33. The number of alkyl halides is 3. The number of halogens is 3. The standard InChI is InChI=1S/C14H9F3N4O5/c15-14(16,17)8-1-6-11(12(7-8)21(25)26)19-13(22)18-9-2-4-10(5-3-9)20(23)24/h1-7H,(H2,18,19,22). The number of hydrogen-bond donors (Lipinski definition) is 2. The molecule has 0 fully saturated rings. The van der Waals surface area contributed by atoms with Crippen molar-refractivity contribution in [2.75, 3.05) is 10.6 Å². The van der Waals surface area contributed by atoms with Gasteiger partial charge in [0.15, 0.2) is 0 Å². The monoisotopic (exact) mass is 370 g/mol. The number of amides is 2. The van der Waals surface area contributed by atoms with Gasteiger partial charge in [0.05, 0.1) is 15.4 Å². The van der Waals surface area contributed by atoms with Gasteiger partial charge < -0.3 is 10.6 Å². The third-order valence-corrected chi connectivity index (χ3v) is 3.11. The number of nitro benzene ring substituents is 2.